The number of nitrogens with zero attached hydrogens (tertiary/aromatic N) is 4. The van der Waals surface area contributed by atoms with Crippen LogP contribution >= 0.6 is 0 Å². The number of nitrogens with one attached hydrogen (secondary N) is 1. The van der Waals surface area contributed by atoms with Crippen molar-refractivity contribution in [2.45, 2.75) is 64.8 Å². The van der Waals surface area contributed by atoms with E-state index < -0.39 is 0 Å². The second kappa shape index (κ2) is 9.17. The molecule has 8 nitrogen and oxygen atoms in total. The molecule has 2 aromatic heterocycles. The van der Waals surface area contributed by atoms with E-state index in [1.807, 2.05) is 13.8 Å². The van der Waals surface area contributed by atoms with Crippen molar-refractivity contribution < 1.29 is 4.79 Å². The predicted octanol–water partition coefficient (Wildman–Crippen LogP) is 1.56. The molecule has 3 heterocycles. The maximum atomic E-state index is 12.7. The fourth-order valence-corrected chi connectivity index (χ4v) is 5.52. The SMILES string of the molecule is Cc1nc2c(c(C)c1CCC(=O)NC[C@@H]1CCN(C3CCCC3)C1)c(=O)n(C)c(=O)n2C. The zero-order valence-electron chi connectivity index (χ0n) is 19.7. The molecule has 2 aliphatic rings. The third-order valence-electron chi connectivity index (χ3n) is 7.52. The maximum absolute atomic E-state index is 12.7. The highest BCUT2D eigenvalue weighted by atomic mass is 16.2. The first-order valence-corrected chi connectivity index (χ1v) is 11.8. The molecule has 0 bridgehead atoms. The summed E-state index contributed by atoms with van der Waals surface area (Å²) in [6.07, 6.45) is 7.41. The molecule has 2 fully saturated rings. The minimum Gasteiger partial charge on any atom is -0.356 e. The van der Waals surface area contributed by atoms with E-state index in [1.54, 1.807) is 7.05 Å². The van der Waals surface area contributed by atoms with Crippen molar-refractivity contribution in [2.75, 3.05) is 19.6 Å². The Morgan fingerprint density at radius 1 is 1.09 bits per heavy atom. The summed E-state index contributed by atoms with van der Waals surface area (Å²) in [6, 6.07) is 0.759. The summed E-state index contributed by atoms with van der Waals surface area (Å²) in [5.41, 5.74) is 2.14. The lowest BCUT2D eigenvalue weighted by molar-refractivity contribution is -0.121. The Labute approximate surface area is 188 Å². The summed E-state index contributed by atoms with van der Waals surface area (Å²) in [5, 5.41) is 3.57. The number of aromatic nitrogens is 3. The van der Waals surface area contributed by atoms with Crippen LogP contribution < -0.4 is 16.6 Å². The summed E-state index contributed by atoms with van der Waals surface area (Å²) < 4.78 is 2.52. The zero-order chi connectivity index (χ0) is 23.0. The van der Waals surface area contributed by atoms with E-state index in [4.69, 9.17) is 0 Å². The number of carbonyl (C=O) groups excluding carboxylic acids is 1. The molecule has 4 rings (SSSR count). The first-order chi connectivity index (χ1) is 15.3. The van der Waals surface area contributed by atoms with Gasteiger partial charge in [0, 0.05) is 45.3 Å². The smallest absolute Gasteiger partial charge is 0.332 e. The number of amides is 1. The largest absolute Gasteiger partial charge is 0.356 e. The van der Waals surface area contributed by atoms with Crippen molar-refractivity contribution in [2.24, 2.45) is 20.0 Å². The topological polar surface area (TPSA) is 89.2 Å². The van der Waals surface area contributed by atoms with Gasteiger partial charge in [0.2, 0.25) is 5.91 Å². The Kier molecular flexibility index (Phi) is 6.51. The quantitative estimate of drug-likeness (QED) is 0.735. The van der Waals surface area contributed by atoms with Crippen LogP contribution in [-0.4, -0.2) is 50.6 Å². The molecule has 0 radical (unpaired) electrons. The van der Waals surface area contributed by atoms with Gasteiger partial charge in [0.1, 0.15) is 5.65 Å². The van der Waals surface area contributed by atoms with Gasteiger partial charge in [0.25, 0.3) is 5.56 Å². The van der Waals surface area contributed by atoms with Crippen LogP contribution in [0.15, 0.2) is 9.59 Å². The highest BCUT2D eigenvalue weighted by Crippen LogP contribution is 2.28. The lowest BCUT2D eigenvalue weighted by atomic mass is 9.99. The standard InChI is InChI=1S/C24H35N5O3/c1-15-19(16(2)26-22-21(15)23(31)28(4)24(32)27(22)3)9-10-20(30)25-13-17-11-12-29(14-17)18-7-5-6-8-18/h17-18H,5-14H2,1-4H3,(H,25,30)/t17-/m0/s1. The van der Waals surface area contributed by atoms with E-state index in [0.29, 0.717) is 29.8 Å². The molecule has 32 heavy (non-hydrogen) atoms. The summed E-state index contributed by atoms with van der Waals surface area (Å²) in [6.45, 7) is 6.74. The van der Waals surface area contributed by atoms with Gasteiger partial charge < -0.3 is 10.2 Å². The summed E-state index contributed by atoms with van der Waals surface area (Å²) in [4.78, 5) is 44.7. The molecule has 2 aromatic rings. The number of fused-ring (bicyclic) bond motifs is 1. The highest BCUT2D eigenvalue weighted by Gasteiger charge is 2.30. The van der Waals surface area contributed by atoms with E-state index in [9.17, 15) is 14.4 Å². The number of aryl methyl sites for hydroxylation is 3. The summed E-state index contributed by atoms with van der Waals surface area (Å²) in [7, 11) is 3.10. The van der Waals surface area contributed by atoms with E-state index in [0.717, 1.165) is 53.5 Å². The van der Waals surface area contributed by atoms with Crippen molar-refractivity contribution >= 4 is 16.9 Å². The molecule has 1 aliphatic heterocycles. The molecular weight excluding hydrogens is 406 g/mol. The van der Waals surface area contributed by atoms with E-state index in [-0.39, 0.29) is 17.2 Å². The molecule has 1 amide bonds. The molecule has 1 atom stereocenters. The molecule has 1 N–H and O–H groups in total. The van der Waals surface area contributed by atoms with Crippen molar-refractivity contribution in [1.82, 2.24) is 24.3 Å². The van der Waals surface area contributed by atoms with Gasteiger partial charge in [-0.2, -0.15) is 0 Å². The minimum atomic E-state index is -0.390. The van der Waals surface area contributed by atoms with Crippen LogP contribution in [0.1, 0.15) is 55.3 Å². The molecule has 1 aliphatic carbocycles. The lowest BCUT2D eigenvalue weighted by Gasteiger charge is -2.23. The Hall–Kier alpha value is -2.48. The monoisotopic (exact) mass is 441 g/mol. The van der Waals surface area contributed by atoms with Gasteiger partial charge in [-0.05, 0) is 63.1 Å². The van der Waals surface area contributed by atoms with E-state index >= 15 is 0 Å². The second-order valence-corrected chi connectivity index (χ2v) is 9.60. The van der Waals surface area contributed by atoms with Crippen LogP contribution in [0.4, 0.5) is 0 Å². The Balaban J connectivity index is 1.39. The van der Waals surface area contributed by atoms with E-state index in [1.165, 1.54) is 37.3 Å². The van der Waals surface area contributed by atoms with Crippen molar-refractivity contribution in [3.8, 4) is 0 Å². The Morgan fingerprint density at radius 2 is 1.81 bits per heavy atom. The molecular formula is C24H35N5O3. The molecule has 0 spiro atoms. The van der Waals surface area contributed by atoms with Crippen LogP contribution in [0, 0.1) is 19.8 Å². The van der Waals surface area contributed by atoms with Gasteiger partial charge in [-0.15, -0.1) is 0 Å². The van der Waals surface area contributed by atoms with Gasteiger partial charge >= 0.3 is 5.69 Å². The molecule has 174 valence electrons. The zero-order valence-corrected chi connectivity index (χ0v) is 19.7. The van der Waals surface area contributed by atoms with Gasteiger partial charge in [-0.25, -0.2) is 9.78 Å². The number of pyridine rings is 1. The normalized spacial score (nSPS) is 19.8. The number of hydrogen-bond donors (Lipinski definition) is 1. The average molecular weight is 442 g/mol. The predicted molar refractivity (Wildman–Crippen MR) is 125 cm³/mol. The van der Waals surface area contributed by atoms with Gasteiger partial charge in [0.15, 0.2) is 0 Å². The first kappa shape index (κ1) is 22.7. The summed E-state index contributed by atoms with van der Waals surface area (Å²) >= 11 is 0. The molecule has 0 aromatic carbocycles. The van der Waals surface area contributed by atoms with Crippen molar-refractivity contribution in [3.63, 3.8) is 0 Å². The first-order valence-electron chi connectivity index (χ1n) is 11.8. The van der Waals surface area contributed by atoms with E-state index in [2.05, 4.69) is 15.2 Å². The van der Waals surface area contributed by atoms with Crippen LogP contribution in [0.25, 0.3) is 11.0 Å². The molecule has 0 unspecified atom stereocenters. The average Bonchev–Trinajstić information content (AvgIpc) is 3.46. The van der Waals surface area contributed by atoms with Crippen LogP contribution in [0.2, 0.25) is 0 Å². The fourth-order valence-electron chi connectivity index (χ4n) is 5.52. The number of hydrogen-bond acceptors (Lipinski definition) is 5. The highest BCUT2D eigenvalue weighted by molar-refractivity contribution is 5.80. The maximum Gasteiger partial charge on any atom is 0.332 e. The third kappa shape index (κ3) is 4.25. The lowest BCUT2D eigenvalue weighted by Crippen LogP contribution is -2.38. The van der Waals surface area contributed by atoms with Gasteiger partial charge in [-0.3, -0.25) is 18.7 Å². The Bertz CT molecular complexity index is 1140. The van der Waals surface area contributed by atoms with Crippen LogP contribution in [0.3, 0.4) is 0 Å². The molecule has 1 saturated carbocycles. The number of carbonyl (C=O) groups is 1. The molecule has 8 heteroatoms. The number of likely N-dealkylation sites (tertiary alicyclic amines) is 1. The van der Waals surface area contributed by atoms with Gasteiger partial charge in [-0.1, -0.05) is 12.8 Å². The van der Waals surface area contributed by atoms with Crippen LogP contribution in [-0.2, 0) is 25.3 Å². The van der Waals surface area contributed by atoms with Crippen molar-refractivity contribution in [1.29, 1.82) is 0 Å². The number of rotatable bonds is 6. The molecule has 1 saturated heterocycles. The summed E-state index contributed by atoms with van der Waals surface area (Å²) in [5.74, 6) is 0.575. The second-order valence-electron chi connectivity index (χ2n) is 9.60. The minimum absolute atomic E-state index is 0.0385. The van der Waals surface area contributed by atoms with Crippen LogP contribution in [0.5, 0.6) is 0 Å². The van der Waals surface area contributed by atoms with Crippen molar-refractivity contribution in [3.05, 3.63) is 37.7 Å². The Morgan fingerprint density at radius 3 is 2.53 bits per heavy atom. The third-order valence-corrected chi connectivity index (χ3v) is 7.52. The van der Waals surface area contributed by atoms with Gasteiger partial charge in [0.05, 0.1) is 5.39 Å². The fraction of sp³-hybridized carbons (Fsp3) is 0.667.